The van der Waals surface area contributed by atoms with Crippen LogP contribution in [0.3, 0.4) is 0 Å². The zero-order chi connectivity index (χ0) is 6.69. The van der Waals surface area contributed by atoms with Gasteiger partial charge in [0.15, 0.2) is 6.23 Å². The first-order valence-corrected chi connectivity index (χ1v) is 2.67. The van der Waals surface area contributed by atoms with E-state index in [0.717, 1.165) is 0 Å². The van der Waals surface area contributed by atoms with E-state index in [2.05, 4.69) is 15.5 Å². The van der Waals surface area contributed by atoms with Crippen LogP contribution in [-0.4, -0.2) is 24.1 Å². The maximum absolute atomic E-state index is 10.4. The maximum atomic E-state index is 10.4. The molecule has 1 unspecified atom stereocenters. The molecular formula is C4H8N2O3. The second-order valence-electron chi connectivity index (χ2n) is 1.78. The lowest BCUT2D eigenvalue weighted by molar-refractivity contribution is -0.285. The van der Waals surface area contributed by atoms with E-state index >= 15 is 0 Å². The van der Waals surface area contributed by atoms with Gasteiger partial charge in [-0.2, -0.15) is 0 Å². The third-order valence-corrected chi connectivity index (χ3v) is 1.11. The Balaban J connectivity index is 2.32. The molecule has 2 amide bonds. The number of amides is 2. The Morgan fingerprint density at radius 1 is 1.78 bits per heavy atom. The second kappa shape index (κ2) is 2.65. The molecule has 3 N–H and O–H groups in total. The summed E-state index contributed by atoms with van der Waals surface area (Å²) in [6.45, 7) is 0.539. The normalized spacial score (nSPS) is 26.8. The molecule has 0 aromatic heterocycles. The van der Waals surface area contributed by atoms with Crippen LogP contribution in [0.4, 0.5) is 4.79 Å². The van der Waals surface area contributed by atoms with E-state index in [1.165, 1.54) is 0 Å². The van der Waals surface area contributed by atoms with Crippen LogP contribution in [0.25, 0.3) is 0 Å². The van der Waals surface area contributed by atoms with E-state index in [-0.39, 0.29) is 6.03 Å². The lowest BCUT2D eigenvalue weighted by atomic mass is 10.3. The van der Waals surface area contributed by atoms with Gasteiger partial charge in [-0.05, 0) is 0 Å². The summed E-state index contributed by atoms with van der Waals surface area (Å²) < 4.78 is 0. The molecule has 0 aliphatic carbocycles. The minimum absolute atomic E-state index is 0.305. The van der Waals surface area contributed by atoms with Crippen molar-refractivity contribution in [3.63, 3.8) is 0 Å². The van der Waals surface area contributed by atoms with E-state index in [1.807, 2.05) is 0 Å². The van der Waals surface area contributed by atoms with Crippen molar-refractivity contribution in [2.24, 2.45) is 0 Å². The van der Waals surface area contributed by atoms with E-state index in [4.69, 9.17) is 5.26 Å². The van der Waals surface area contributed by atoms with Crippen LogP contribution >= 0.6 is 0 Å². The highest BCUT2D eigenvalue weighted by Crippen LogP contribution is 1.94. The molecule has 1 aliphatic heterocycles. The van der Waals surface area contributed by atoms with Gasteiger partial charge in [0.1, 0.15) is 0 Å². The third kappa shape index (κ3) is 1.55. The first-order valence-electron chi connectivity index (χ1n) is 2.67. The molecule has 5 heteroatoms. The zero-order valence-corrected chi connectivity index (χ0v) is 4.76. The summed E-state index contributed by atoms with van der Waals surface area (Å²) in [6, 6.07) is -0.305. The van der Waals surface area contributed by atoms with Gasteiger partial charge in [0, 0.05) is 13.0 Å². The average Bonchev–Trinajstić information content (AvgIpc) is 1.88. The van der Waals surface area contributed by atoms with Crippen LogP contribution in [-0.2, 0) is 4.89 Å². The number of carbonyl (C=O) groups is 1. The fraction of sp³-hybridized carbons (Fsp3) is 0.750. The number of hydrogen-bond donors (Lipinski definition) is 3. The molecule has 1 aliphatic rings. The van der Waals surface area contributed by atoms with Crippen molar-refractivity contribution < 1.29 is 14.9 Å². The van der Waals surface area contributed by atoms with Gasteiger partial charge in [0.2, 0.25) is 0 Å². The van der Waals surface area contributed by atoms with Crippen molar-refractivity contribution in [3.05, 3.63) is 0 Å². The fourth-order valence-corrected chi connectivity index (χ4v) is 0.665. The van der Waals surface area contributed by atoms with Crippen LogP contribution in [0.1, 0.15) is 6.42 Å². The largest absolute Gasteiger partial charge is 0.338 e. The molecule has 0 radical (unpaired) electrons. The summed E-state index contributed by atoms with van der Waals surface area (Å²) in [4.78, 5) is 14.3. The predicted molar refractivity (Wildman–Crippen MR) is 28.7 cm³/mol. The van der Waals surface area contributed by atoms with Gasteiger partial charge in [0.25, 0.3) is 0 Å². The smallest absolute Gasteiger partial charge is 0.316 e. The minimum Gasteiger partial charge on any atom is -0.338 e. The first-order chi connectivity index (χ1) is 4.33. The molecule has 1 heterocycles. The maximum Gasteiger partial charge on any atom is 0.316 e. The van der Waals surface area contributed by atoms with Gasteiger partial charge in [-0.25, -0.2) is 14.9 Å². The van der Waals surface area contributed by atoms with Crippen LogP contribution in [0.5, 0.6) is 0 Å². The Morgan fingerprint density at radius 2 is 2.56 bits per heavy atom. The monoisotopic (exact) mass is 132 g/mol. The van der Waals surface area contributed by atoms with Gasteiger partial charge in [-0.3, -0.25) is 0 Å². The van der Waals surface area contributed by atoms with Crippen LogP contribution < -0.4 is 10.6 Å². The van der Waals surface area contributed by atoms with Crippen molar-refractivity contribution in [1.29, 1.82) is 0 Å². The van der Waals surface area contributed by atoms with E-state index < -0.39 is 6.23 Å². The average molecular weight is 132 g/mol. The summed E-state index contributed by atoms with van der Waals surface area (Å²) >= 11 is 0. The third-order valence-electron chi connectivity index (χ3n) is 1.11. The Bertz CT molecular complexity index is 116. The van der Waals surface area contributed by atoms with Crippen molar-refractivity contribution in [2.75, 3.05) is 6.54 Å². The Hall–Kier alpha value is -0.810. The Labute approximate surface area is 51.9 Å². The SMILES string of the molecule is O=C1NCCC(OO)N1. The quantitative estimate of drug-likeness (QED) is 0.333. The number of hydrogen-bond acceptors (Lipinski definition) is 3. The molecule has 0 bridgehead atoms. The molecule has 1 rings (SSSR count). The zero-order valence-electron chi connectivity index (χ0n) is 4.76. The molecule has 1 saturated heterocycles. The topological polar surface area (TPSA) is 70.6 Å². The lowest BCUT2D eigenvalue weighted by Gasteiger charge is -2.20. The number of nitrogens with one attached hydrogen (secondary N) is 2. The summed E-state index contributed by atoms with van der Waals surface area (Å²) in [5, 5.41) is 12.9. The van der Waals surface area contributed by atoms with Crippen molar-refractivity contribution in [2.45, 2.75) is 12.6 Å². The summed E-state index contributed by atoms with van der Waals surface area (Å²) in [5.74, 6) is 0. The van der Waals surface area contributed by atoms with Gasteiger partial charge in [-0.1, -0.05) is 0 Å². The van der Waals surface area contributed by atoms with Crippen molar-refractivity contribution in [3.8, 4) is 0 Å². The number of urea groups is 1. The van der Waals surface area contributed by atoms with Crippen molar-refractivity contribution >= 4 is 6.03 Å². The molecule has 0 spiro atoms. The van der Waals surface area contributed by atoms with Gasteiger partial charge in [-0.15, -0.1) is 0 Å². The fourth-order valence-electron chi connectivity index (χ4n) is 0.665. The summed E-state index contributed by atoms with van der Waals surface area (Å²) in [7, 11) is 0. The van der Waals surface area contributed by atoms with E-state index in [1.54, 1.807) is 0 Å². The molecule has 1 atom stereocenters. The lowest BCUT2D eigenvalue weighted by Crippen LogP contribution is -2.49. The highest BCUT2D eigenvalue weighted by molar-refractivity contribution is 5.74. The molecule has 0 aromatic rings. The predicted octanol–water partition coefficient (Wildman–Crippen LogP) is -0.495. The highest BCUT2D eigenvalue weighted by Gasteiger charge is 2.16. The van der Waals surface area contributed by atoms with Gasteiger partial charge < -0.3 is 10.6 Å². The molecule has 52 valence electrons. The molecule has 5 nitrogen and oxygen atoms in total. The minimum atomic E-state index is -0.543. The standard InChI is InChI=1S/C4H8N2O3/c7-4-5-2-1-3(6-4)9-8/h3,8H,1-2H2,(H2,5,6,7). The Kier molecular flexibility index (Phi) is 1.86. The highest BCUT2D eigenvalue weighted by atomic mass is 17.1. The van der Waals surface area contributed by atoms with Crippen LogP contribution in [0, 0.1) is 0 Å². The first kappa shape index (κ1) is 6.31. The van der Waals surface area contributed by atoms with Crippen LogP contribution in [0.15, 0.2) is 0 Å². The summed E-state index contributed by atoms with van der Waals surface area (Å²) in [6.07, 6.45) is 0.0427. The van der Waals surface area contributed by atoms with Gasteiger partial charge in [0.05, 0.1) is 0 Å². The molecular weight excluding hydrogens is 124 g/mol. The molecule has 0 saturated carbocycles. The number of rotatable bonds is 1. The molecule has 1 fully saturated rings. The molecule has 0 aromatic carbocycles. The van der Waals surface area contributed by atoms with Crippen molar-refractivity contribution in [1.82, 2.24) is 10.6 Å². The van der Waals surface area contributed by atoms with Crippen LogP contribution in [0.2, 0.25) is 0 Å². The Morgan fingerprint density at radius 3 is 3.00 bits per heavy atom. The second-order valence-corrected chi connectivity index (χ2v) is 1.78. The molecule has 9 heavy (non-hydrogen) atoms. The van der Waals surface area contributed by atoms with E-state index in [9.17, 15) is 4.79 Å². The van der Waals surface area contributed by atoms with Gasteiger partial charge >= 0.3 is 6.03 Å². The van der Waals surface area contributed by atoms with E-state index in [0.29, 0.717) is 13.0 Å². The number of carbonyl (C=O) groups excluding carboxylic acids is 1. The summed E-state index contributed by atoms with van der Waals surface area (Å²) in [5.41, 5.74) is 0.